The lowest BCUT2D eigenvalue weighted by molar-refractivity contribution is -0.157. The molecule has 38 heavy (non-hydrogen) atoms. The summed E-state index contributed by atoms with van der Waals surface area (Å²) in [5.41, 5.74) is 0.00943. The molecule has 0 aliphatic rings. The first-order valence-corrected chi connectivity index (χ1v) is 11.6. The van der Waals surface area contributed by atoms with Crippen molar-refractivity contribution in [3.05, 3.63) is 87.9 Å². The number of hydrogen-bond donors (Lipinski definition) is 2. The number of aliphatic carboxylic acids is 1. The second-order valence-corrected chi connectivity index (χ2v) is 8.43. The van der Waals surface area contributed by atoms with Gasteiger partial charge in [-0.25, -0.2) is 14.4 Å². The molecule has 12 heteroatoms. The molecule has 3 aromatic rings. The van der Waals surface area contributed by atoms with Gasteiger partial charge >= 0.3 is 17.9 Å². The number of carboxylic acid groups (broad SMARTS) is 1. The van der Waals surface area contributed by atoms with Crippen LogP contribution in [0.2, 0.25) is 10.0 Å². The minimum Gasteiger partial charge on any atom is -0.497 e. The number of carbonyl (C=O) groups is 4. The Kier molecular flexibility index (Phi) is 9.53. The third-order valence-corrected chi connectivity index (χ3v) is 5.57. The normalized spacial score (nSPS) is 12.0. The number of nitrogens with one attached hydrogen (secondary N) is 1. The van der Waals surface area contributed by atoms with Gasteiger partial charge in [0.25, 0.3) is 5.91 Å². The molecule has 0 bridgehead atoms. The number of methoxy groups -OCH3 is 2. The molecular formula is C26H21Cl2NO9. The molecule has 2 N–H and O–H groups in total. The highest BCUT2D eigenvalue weighted by atomic mass is 35.5. The fourth-order valence-corrected chi connectivity index (χ4v) is 3.40. The number of carboxylic acids is 1. The van der Waals surface area contributed by atoms with Crippen molar-refractivity contribution >= 4 is 52.7 Å². The number of halogens is 2. The quantitative estimate of drug-likeness (QED) is 0.343. The minimum absolute atomic E-state index is 0.0284. The molecule has 3 rings (SSSR count). The Morgan fingerprint density at radius 3 is 1.68 bits per heavy atom. The van der Waals surface area contributed by atoms with Gasteiger partial charge in [-0.15, -0.1) is 0 Å². The number of esters is 2. The van der Waals surface area contributed by atoms with E-state index in [4.69, 9.17) is 42.1 Å². The van der Waals surface area contributed by atoms with Crippen LogP contribution in [-0.4, -0.2) is 55.3 Å². The maximum absolute atomic E-state index is 13.3. The van der Waals surface area contributed by atoms with Crippen molar-refractivity contribution in [2.45, 2.75) is 12.2 Å². The van der Waals surface area contributed by atoms with Gasteiger partial charge in [-0.2, -0.15) is 0 Å². The summed E-state index contributed by atoms with van der Waals surface area (Å²) in [6, 6.07) is 15.3. The molecule has 2 atom stereocenters. The van der Waals surface area contributed by atoms with E-state index >= 15 is 0 Å². The number of benzene rings is 3. The summed E-state index contributed by atoms with van der Waals surface area (Å²) in [6.07, 6.45) is -4.35. The SMILES string of the molecule is COc1ccc(OC)c(NC(=O)[C@H](OC(=O)c2ccc(Cl)cc2)[C@H](OC(=O)c2ccc(Cl)cc2)C(=O)O)c1. The van der Waals surface area contributed by atoms with Gasteiger partial charge in [0, 0.05) is 16.1 Å². The van der Waals surface area contributed by atoms with Crippen LogP contribution in [-0.2, 0) is 19.1 Å². The molecular weight excluding hydrogens is 541 g/mol. The fourth-order valence-electron chi connectivity index (χ4n) is 3.15. The van der Waals surface area contributed by atoms with Crippen LogP contribution in [0.4, 0.5) is 5.69 Å². The minimum atomic E-state index is -2.23. The maximum Gasteiger partial charge on any atom is 0.349 e. The predicted molar refractivity (Wildman–Crippen MR) is 137 cm³/mol. The highest BCUT2D eigenvalue weighted by molar-refractivity contribution is 6.31. The van der Waals surface area contributed by atoms with Gasteiger partial charge in [-0.05, 0) is 60.7 Å². The molecule has 0 heterocycles. The van der Waals surface area contributed by atoms with Crippen molar-refractivity contribution in [3.8, 4) is 11.5 Å². The molecule has 0 spiro atoms. The van der Waals surface area contributed by atoms with Crippen LogP contribution in [0.1, 0.15) is 20.7 Å². The number of carbonyl (C=O) groups excluding carboxylic acids is 3. The summed E-state index contributed by atoms with van der Waals surface area (Å²) >= 11 is 11.7. The summed E-state index contributed by atoms with van der Waals surface area (Å²) in [7, 11) is 2.75. The molecule has 3 aromatic carbocycles. The second-order valence-electron chi connectivity index (χ2n) is 7.56. The molecule has 10 nitrogen and oxygen atoms in total. The summed E-state index contributed by atoms with van der Waals surface area (Å²) in [5, 5.41) is 13.0. The first kappa shape index (κ1) is 28.3. The van der Waals surface area contributed by atoms with E-state index in [9.17, 15) is 24.3 Å². The Morgan fingerprint density at radius 2 is 1.24 bits per heavy atom. The van der Waals surface area contributed by atoms with Crippen LogP contribution in [0.3, 0.4) is 0 Å². The largest absolute Gasteiger partial charge is 0.497 e. The molecule has 1 amide bonds. The lowest BCUT2D eigenvalue weighted by atomic mass is 10.1. The molecule has 0 aliphatic heterocycles. The summed E-state index contributed by atoms with van der Waals surface area (Å²) < 4.78 is 20.8. The Labute approximate surface area is 227 Å². The van der Waals surface area contributed by atoms with Crippen molar-refractivity contribution in [1.29, 1.82) is 0 Å². The maximum atomic E-state index is 13.3. The Balaban J connectivity index is 1.96. The van der Waals surface area contributed by atoms with Gasteiger partial charge in [-0.3, -0.25) is 4.79 Å². The molecule has 198 valence electrons. The summed E-state index contributed by atoms with van der Waals surface area (Å²) in [4.78, 5) is 51.0. The van der Waals surface area contributed by atoms with E-state index in [0.717, 1.165) is 0 Å². The number of amides is 1. The lowest BCUT2D eigenvalue weighted by Crippen LogP contribution is -2.48. The highest BCUT2D eigenvalue weighted by Crippen LogP contribution is 2.29. The van der Waals surface area contributed by atoms with E-state index in [1.165, 1.54) is 74.9 Å². The Hall–Kier alpha value is -4.28. The van der Waals surface area contributed by atoms with Crippen LogP contribution in [0.15, 0.2) is 66.7 Å². The van der Waals surface area contributed by atoms with E-state index in [1.807, 2.05) is 0 Å². The number of rotatable bonds is 10. The van der Waals surface area contributed by atoms with E-state index in [2.05, 4.69) is 5.32 Å². The highest BCUT2D eigenvalue weighted by Gasteiger charge is 2.41. The second kappa shape index (κ2) is 12.8. The first-order chi connectivity index (χ1) is 18.1. The van der Waals surface area contributed by atoms with Crippen LogP contribution in [0.5, 0.6) is 11.5 Å². The first-order valence-electron chi connectivity index (χ1n) is 10.8. The van der Waals surface area contributed by atoms with Crippen LogP contribution < -0.4 is 14.8 Å². The van der Waals surface area contributed by atoms with E-state index in [-0.39, 0.29) is 22.6 Å². The zero-order chi connectivity index (χ0) is 27.8. The number of anilines is 1. The van der Waals surface area contributed by atoms with Gasteiger partial charge in [0.1, 0.15) is 11.5 Å². The van der Waals surface area contributed by atoms with Crippen LogP contribution in [0, 0.1) is 0 Å². The van der Waals surface area contributed by atoms with Crippen molar-refractivity contribution < 1.29 is 43.2 Å². The average Bonchev–Trinajstić information content (AvgIpc) is 2.90. The van der Waals surface area contributed by atoms with Crippen LogP contribution >= 0.6 is 23.2 Å². The fraction of sp³-hybridized carbons (Fsp3) is 0.154. The van der Waals surface area contributed by atoms with Crippen molar-refractivity contribution in [2.75, 3.05) is 19.5 Å². The Bertz CT molecular complexity index is 1330. The van der Waals surface area contributed by atoms with Crippen molar-refractivity contribution in [2.24, 2.45) is 0 Å². The number of ether oxygens (including phenoxy) is 4. The summed E-state index contributed by atoms with van der Waals surface area (Å²) in [5.74, 6) is -4.46. The number of hydrogen-bond acceptors (Lipinski definition) is 8. The molecule has 0 saturated carbocycles. The molecule has 0 fully saturated rings. The zero-order valence-corrected chi connectivity index (χ0v) is 21.5. The molecule has 0 radical (unpaired) electrons. The van der Waals surface area contributed by atoms with Crippen molar-refractivity contribution in [1.82, 2.24) is 0 Å². The van der Waals surface area contributed by atoms with Crippen LogP contribution in [0.25, 0.3) is 0 Å². The van der Waals surface area contributed by atoms with Gasteiger partial charge in [-0.1, -0.05) is 23.2 Å². The van der Waals surface area contributed by atoms with Gasteiger partial charge < -0.3 is 29.4 Å². The van der Waals surface area contributed by atoms with Gasteiger partial charge in [0.05, 0.1) is 31.0 Å². The summed E-state index contributed by atoms with van der Waals surface area (Å²) in [6.45, 7) is 0. The van der Waals surface area contributed by atoms with E-state index in [0.29, 0.717) is 15.8 Å². The van der Waals surface area contributed by atoms with E-state index in [1.54, 1.807) is 6.07 Å². The van der Waals surface area contributed by atoms with Gasteiger partial charge in [0.2, 0.25) is 12.2 Å². The third kappa shape index (κ3) is 7.15. The predicted octanol–water partition coefficient (Wildman–Crippen LogP) is 4.48. The average molecular weight is 562 g/mol. The van der Waals surface area contributed by atoms with Crippen molar-refractivity contribution in [3.63, 3.8) is 0 Å². The molecule has 0 aliphatic carbocycles. The molecule has 0 saturated heterocycles. The standard InChI is InChI=1S/C26H21Cl2NO9/c1-35-18-11-12-20(36-2)19(13-18)29-23(30)21(37-25(33)14-3-7-16(27)8-4-14)22(24(31)32)38-26(34)15-5-9-17(28)10-6-15/h3-13,21-22H,1-2H3,(H,29,30)(H,31,32)/t21-,22+/m1/s1. The van der Waals surface area contributed by atoms with E-state index < -0.39 is 36.0 Å². The smallest absolute Gasteiger partial charge is 0.349 e. The molecule has 0 aromatic heterocycles. The topological polar surface area (TPSA) is 137 Å². The molecule has 0 unspecified atom stereocenters. The lowest BCUT2D eigenvalue weighted by Gasteiger charge is -2.24. The third-order valence-electron chi connectivity index (χ3n) is 5.07. The van der Waals surface area contributed by atoms with Gasteiger partial charge in [0.15, 0.2) is 0 Å². The Morgan fingerprint density at radius 1 is 0.737 bits per heavy atom. The zero-order valence-electron chi connectivity index (χ0n) is 20.0. The monoisotopic (exact) mass is 561 g/mol.